The second-order valence-corrected chi connectivity index (χ2v) is 12.1. The van der Waals surface area contributed by atoms with Crippen LogP contribution in [0.15, 0.2) is 42.5 Å². The molecule has 35 heavy (non-hydrogen) atoms. The zero-order valence-electron chi connectivity index (χ0n) is 22.2. The molecular formula is C27H39N3O4S. The predicted molar refractivity (Wildman–Crippen MR) is 142 cm³/mol. The fourth-order valence-corrected chi connectivity index (χ4v) is 4.88. The van der Waals surface area contributed by atoms with Crippen molar-refractivity contribution in [2.24, 2.45) is 0 Å². The SMILES string of the molecule is CC[C@@H](C(=O)NC(C)(C)C)N(Cc1cccc(C)c1)C(=O)CN(c1cccc(C)c1C)S(C)(=O)=O. The summed E-state index contributed by atoms with van der Waals surface area (Å²) in [6.07, 6.45) is 1.48. The number of sulfonamides is 1. The number of carbonyl (C=O) groups excluding carboxylic acids is 2. The number of aryl methyl sites for hydroxylation is 2. The fourth-order valence-electron chi connectivity index (χ4n) is 3.98. The number of rotatable bonds is 9. The molecule has 0 saturated heterocycles. The van der Waals surface area contributed by atoms with Crippen molar-refractivity contribution in [3.63, 3.8) is 0 Å². The summed E-state index contributed by atoms with van der Waals surface area (Å²) in [6, 6.07) is 12.4. The van der Waals surface area contributed by atoms with Crippen molar-refractivity contribution in [1.29, 1.82) is 0 Å². The first-order valence-electron chi connectivity index (χ1n) is 11.8. The first-order valence-corrected chi connectivity index (χ1v) is 13.7. The lowest BCUT2D eigenvalue weighted by molar-refractivity contribution is -0.141. The minimum atomic E-state index is -3.76. The third-order valence-electron chi connectivity index (χ3n) is 5.84. The predicted octanol–water partition coefficient (Wildman–Crippen LogP) is 4.10. The first-order chi connectivity index (χ1) is 16.1. The lowest BCUT2D eigenvalue weighted by atomic mass is 10.0. The van der Waals surface area contributed by atoms with Gasteiger partial charge >= 0.3 is 0 Å². The van der Waals surface area contributed by atoms with E-state index in [0.29, 0.717) is 12.1 Å². The molecule has 1 atom stereocenters. The van der Waals surface area contributed by atoms with Crippen LogP contribution in [0.25, 0.3) is 0 Å². The molecular weight excluding hydrogens is 462 g/mol. The molecule has 0 unspecified atom stereocenters. The van der Waals surface area contributed by atoms with Crippen molar-refractivity contribution >= 4 is 27.5 Å². The maximum atomic E-state index is 13.8. The van der Waals surface area contributed by atoms with E-state index in [1.54, 1.807) is 12.1 Å². The third kappa shape index (κ3) is 7.82. The zero-order chi connectivity index (χ0) is 26.6. The smallest absolute Gasteiger partial charge is 0.244 e. The van der Waals surface area contributed by atoms with E-state index in [0.717, 1.165) is 32.8 Å². The summed E-state index contributed by atoms with van der Waals surface area (Å²) in [5, 5.41) is 2.97. The van der Waals surface area contributed by atoms with Crippen molar-refractivity contribution < 1.29 is 18.0 Å². The van der Waals surface area contributed by atoms with Gasteiger partial charge in [-0.25, -0.2) is 8.42 Å². The minimum absolute atomic E-state index is 0.195. The molecule has 0 spiro atoms. The summed E-state index contributed by atoms with van der Waals surface area (Å²) < 4.78 is 26.7. The van der Waals surface area contributed by atoms with Gasteiger partial charge in [0.15, 0.2) is 0 Å². The van der Waals surface area contributed by atoms with Gasteiger partial charge in [-0.15, -0.1) is 0 Å². The van der Waals surface area contributed by atoms with Crippen LogP contribution in [-0.2, 0) is 26.2 Å². The quantitative estimate of drug-likeness (QED) is 0.560. The van der Waals surface area contributed by atoms with Crippen LogP contribution in [0.5, 0.6) is 0 Å². The molecule has 0 heterocycles. The summed E-state index contributed by atoms with van der Waals surface area (Å²) in [4.78, 5) is 28.5. The molecule has 7 nitrogen and oxygen atoms in total. The van der Waals surface area contributed by atoms with Crippen molar-refractivity contribution in [2.75, 3.05) is 17.1 Å². The summed E-state index contributed by atoms with van der Waals surface area (Å²) in [6.45, 7) is 13.0. The second-order valence-electron chi connectivity index (χ2n) is 10.2. The summed E-state index contributed by atoms with van der Waals surface area (Å²) in [5.74, 6) is -0.701. The Hall–Kier alpha value is -2.87. The Balaban J connectivity index is 2.51. The molecule has 0 aliphatic carbocycles. The largest absolute Gasteiger partial charge is 0.350 e. The van der Waals surface area contributed by atoms with E-state index in [2.05, 4.69) is 5.32 Å². The van der Waals surface area contributed by atoms with Gasteiger partial charge in [-0.1, -0.05) is 48.9 Å². The Kier molecular flexibility index (Phi) is 9.11. The van der Waals surface area contributed by atoms with E-state index in [1.165, 1.54) is 4.90 Å². The molecule has 2 amide bonds. The zero-order valence-corrected chi connectivity index (χ0v) is 23.0. The van der Waals surface area contributed by atoms with E-state index >= 15 is 0 Å². The highest BCUT2D eigenvalue weighted by molar-refractivity contribution is 7.92. The standard InChI is InChI=1S/C27H39N3O4S/c1-9-23(26(32)28-27(5,6)7)29(17-22-14-10-12-19(2)16-22)25(31)18-30(35(8,33)34)24-15-11-13-20(3)21(24)4/h10-16,23H,9,17-18H2,1-8H3,(H,28,32)/t23-/m0/s1. The highest BCUT2D eigenvalue weighted by Crippen LogP contribution is 2.26. The summed E-state index contributed by atoms with van der Waals surface area (Å²) in [5.41, 5.74) is 3.61. The number of benzene rings is 2. The van der Waals surface area contributed by atoms with Crippen molar-refractivity contribution in [3.8, 4) is 0 Å². The molecule has 0 bridgehead atoms. The van der Waals surface area contributed by atoms with E-state index in [4.69, 9.17) is 0 Å². The van der Waals surface area contributed by atoms with Gasteiger partial charge in [0.05, 0.1) is 11.9 Å². The molecule has 0 aromatic heterocycles. The lowest BCUT2D eigenvalue weighted by Gasteiger charge is -2.35. The second kappa shape index (κ2) is 11.2. The highest BCUT2D eigenvalue weighted by atomic mass is 32.2. The van der Waals surface area contributed by atoms with E-state index in [9.17, 15) is 18.0 Å². The van der Waals surface area contributed by atoms with E-state index in [1.807, 2.05) is 78.8 Å². The summed E-state index contributed by atoms with van der Waals surface area (Å²) in [7, 11) is -3.76. The van der Waals surface area contributed by atoms with Gasteiger partial charge < -0.3 is 10.2 Å². The topological polar surface area (TPSA) is 86.8 Å². The molecule has 2 rings (SSSR count). The van der Waals surface area contributed by atoms with Crippen LogP contribution in [0.2, 0.25) is 0 Å². The van der Waals surface area contributed by atoms with Crippen LogP contribution < -0.4 is 9.62 Å². The number of carbonyl (C=O) groups is 2. The molecule has 0 aliphatic heterocycles. The average Bonchev–Trinajstić information content (AvgIpc) is 2.72. The normalized spacial score (nSPS) is 12.7. The minimum Gasteiger partial charge on any atom is -0.350 e. The van der Waals surface area contributed by atoms with Crippen LogP contribution in [-0.4, -0.2) is 49.5 Å². The Labute approximate surface area is 210 Å². The van der Waals surface area contributed by atoms with Gasteiger partial charge in [0, 0.05) is 12.1 Å². The summed E-state index contributed by atoms with van der Waals surface area (Å²) >= 11 is 0. The number of nitrogens with zero attached hydrogens (tertiary/aromatic N) is 2. The molecule has 0 fully saturated rings. The first kappa shape index (κ1) is 28.4. The van der Waals surface area contributed by atoms with Gasteiger partial charge in [0.2, 0.25) is 21.8 Å². The Morgan fingerprint density at radius 2 is 1.66 bits per heavy atom. The molecule has 1 N–H and O–H groups in total. The maximum absolute atomic E-state index is 13.8. The van der Waals surface area contributed by atoms with Gasteiger partial charge in [0.25, 0.3) is 0 Å². The number of nitrogens with one attached hydrogen (secondary N) is 1. The molecule has 0 saturated carbocycles. The molecule has 0 aliphatic rings. The molecule has 0 radical (unpaired) electrons. The Morgan fingerprint density at radius 1 is 1.03 bits per heavy atom. The van der Waals surface area contributed by atoms with Crippen LogP contribution in [0.4, 0.5) is 5.69 Å². The monoisotopic (exact) mass is 501 g/mol. The third-order valence-corrected chi connectivity index (χ3v) is 6.97. The van der Waals surface area contributed by atoms with E-state index < -0.39 is 34.1 Å². The number of anilines is 1. The number of hydrogen-bond donors (Lipinski definition) is 1. The van der Waals surface area contributed by atoms with Crippen LogP contribution in [0, 0.1) is 20.8 Å². The number of hydrogen-bond acceptors (Lipinski definition) is 4. The number of amides is 2. The molecule has 2 aromatic carbocycles. The lowest BCUT2D eigenvalue weighted by Crippen LogP contribution is -2.55. The maximum Gasteiger partial charge on any atom is 0.244 e. The van der Waals surface area contributed by atoms with Crippen molar-refractivity contribution in [1.82, 2.24) is 10.2 Å². The van der Waals surface area contributed by atoms with Crippen LogP contribution in [0.1, 0.15) is 56.4 Å². The van der Waals surface area contributed by atoms with Gasteiger partial charge in [-0.05, 0) is 70.7 Å². The average molecular weight is 502 g/mol. The van der Waals surface area contributed by atoms with Crippen molar-refractivity contribution in [3.05, 3.63) is 64.7 Å². The van der Waals surface area contributed by atoms with Crippen LogP contribution in [0.3, 0.4) is 0 Å². The van der Waals surface area contributed by atoms with Gasteiger partial charge in [-0.3, -0.25) is 13.9 Å². The van der Waals surface area contributed by atoms with Crippen LogP contribution >= 0.6 is 0 Å². The fraction of sp³-hybridized carbons (Fsp3) is 0.481. The van der Waals surface area contributed by atoms with Gasteiger partial charge in [-0.2, -0.15) is 0 Å². The molecule has 192 valence electrons. The Bertz CT molecular complexity index is 1170. The Morgan fingerprint density at radius 3 is 2.20 bits per heavy atom. The molecule has 2 aromatic rings. The highest BCUT2D eigenvalue weighted by Gasteiger charge is 2.33. The molecule has 8 heteroatoms. The van der Waals surface area contributed by atoms with Crippen molar-refractivity contribution in [2.45, 2.75) is 73.0 Å². The van der Waals surface area contributed by atoms with Gasteiger partial charge in [0.1, 0.15) is 12.6 Å². The van der Waals surface area contributed by atoms with E-state index in [-0.39, 0.29) is 12.5 Å².